The maximum Gasteiger partial charge on any atom is 0.335 e. The van der Waals surface area contributed by atoms with Crippen molar-refractivity contribution >= 4 is 5.97 Å². The molecule has 0 aliphatic heterocycles. The van der Waals surface area contributed by atoms with Crippen molar-refractivity contribution in [3.8, 4) is 0 Å². The highest BCUT2D eigenvalue weighted by molar-refractivity contribution is 5.89. The summed E-state index contributed by atoms with van der Waals surface area (Å²) < 4.78 is 0. The van der Waals surface area contributed by atoms with Gasteiger partial charge >= 0.3 is 5.97 Å². The summed E-state index contributed by atoms with van der Waals surface area (Å²) in [5.74, 6) is -0.778. The third kappa shape index (κ3) is 2.65. The Balaban J connectivity index is 2.11. The Hall–Kier alpha value is -1.39. The molecule has 4 nitrogen and oxygen atoms in total. The molecule has 1 fully saturated rings. The van der Waals surface area contributed by atoms with Crippen LogP contribution < -0.4 is 0 Å². The molecule has 1 aromatic carbocycles. The number of rotatable bonds is 3. The molecule has 1 saturated carbocycles. The molecule has 1 aromatic rings. The minimum atomic E-state index is -0.931. The fraction of sp³-hybridized carbons (Fsp3) is 0.462. The van der Waals surface area contributed by atoms with E-state index in [0.29, 0.717) is 24.8 Å². The van der Waals surface area contributed by atoms with Gasteiger partial charge in [-0.2, -0.15) is 0 Å². The molecule has 0 saturated heterocycles. The SMILES string of the molecule is O=C(O)c1ccccc1C[C@@H]1C[C@@H](O)[C@@H](O)C1. The average molecular weight is 236 g/mol. The topological polar surface area (TPSA) is 77.8 Å². The molecular formula is C13H16O4. The first-order valence-electron chi connectivity index (χ1n) is 5.75. The van der Waals surface area contributed by atoms with Crippen LogP contribution in [-0.4, -0.2) is 33.5 Å². The van der Waals surface area contributed by atoms with Crippen LogP contribution in [-0.2, 0) is 6.42 Å². The van der Waals surface area contributed by atoms with Gasteiger partial charge in [0.15, 0.2) is 0 Å². The molecule has 0 aromatic heterocycles. The lowest BCUT2D eigenvalue weighted by Crippen LogP contribution is -2.17. The first kappa shape index (κ1) is 12.1. The summed E-state index contributed by atoms with van der Waals surface area (Å²) in [6.45, 7) is 0. The van der Waals surface area contributed by atoms with E-state index in [-0.39, 0.29) is 5.92 Å². The highest BCUT2D eigenvalue weighted by Crippen LogP contribution is 2.29. The summed E-state index contributed by atoms with van der Waals surface area (Å²) >= 11 is 0. The van der Waals surface area contributed by atoms with Crippen molar-refractivity contribution in [3.63, 3.8) is 0 Å². The third-order valence-corrected chi connectivity index (χ3v) is 3.35. The van der Waals surface area contributed by atoms with Crippen LogP contribution in [0, 0.1) is 5.92 Å². The summed E-state index contributed by atoms with van der Waals surface area (Å²) in [5, 5.41) is 28.0. The molecule has 0 amide bonds. The van der Waals surface area contributed by atoms with Gasteiger partial charge in [-0.1, -0.05) is 18.2 Å². The third-order valence-electron chi connectivity index (χ3n) is 3.35. The van der Waals surface area contributed by atoms with E-state index in [1.165, 1.54) is 0 Å². The van der Waals surface area contributed by atoms with Crippen molar-refractivity contribution in [1.82, 2.24) is 0 Å². The van der Waals surface area contributed by atoms with Crippen molar-refractivity contribution in [2.24, 2.45) is 5.92 Å². The van der Waals surface area contributed by atoms with Crippen molar-refractivity contribution in [3.05, 3.63) is 35.4 Å². The summed E-state index contributed by atoms with van der Waals surface area (Å²) in [6, 6.07) is 6.88. The average Bonchev–Trinajstić information content (AvgIpc) is 2.58. The summed E-state index contributed by atoms with van der Waals surface area (Å²) in [5.41, 5.74) is 1.08. The summed E-state index contributed by atoms with van der Waals surface area (Å²) in [7, 11) is 0. The van der Waals surface area contributed by atoms with Gasteiger partial charge in [-0.3, -0.25) is 0 Å². The largest absolute Gasteiger partial charge is 0.478 e. The van der Waals surface area contributed by atoms with Gasteiger partial charge in [0.1, 0.15) is 0 Å². The molecule has 0 unspecified atom stereocenters. The quantitative estimate of drug-likeness (QED) is 0.733. The van der Waals surface area contributed by atoms with Crippen molar-refractivity contribution in [2.75, 3.05) is 0 Å². The van der Waals surface area contributed by atoms with Crippen LogP contribution in [0.25, 0.3) is 0 Å². The monoisotopic (exact) mass is 236 g/mol. The number of carboxylic acid groups (broad SMARTS) is 1. The van der Waals surface area contributed by atoms with Gasteiger partial charge in [0.25, 0.3) is 0 Å². The molecule has 1 aliphatic rings. The first-order chi connectivity index (χ1) is 8.08. The molecule has 0 radical (unpaired) electrons. The fourth-order valence-corrected chi connectivity index (χ4v) is 2.48. The number of hydrogen-bond acceptors (Lipinski definition) is 3. The summed E-state index contributed by atoms with van der Waals surface area (Å²) in [6.07, 6.45) is 0.329. The zero-order valence-corrected chi connectivity index (χ0v) is 9.41. The van der Waals surface area contributed by atoms with Crippen LogP contribution in [0.15, 0.2) is 24.3 Å². The second kappa shape index (κ2) is 4.85. The van der Waals surface area contributed by atoms with Gasteiger partial charge in [-0.25, -0.2) is 4.79 Å². The van der Waals surface area contributed by atoms with E-state index in [1.807, 2.05) is 6.07 Å². The van der Waals surface area contributed by atoms with Crippen molar-refractivity contribution in [2.45, 2.75) is 31.5 Å². The molecular weight excluding hydrogens is 220 g/mol. The van der Waals surface area contributed by atoms with Gasteiger partial charge in [-0.05, 0) is 36.8 Å². The Morgan fingerprint density at radius 3 is 2.35 bits per heavy atom. The van der Waals surface area contributed by atoms with E-state index < -0.39 is 18.2 Å². The van der Waals surface area contributed by atoms with Crippen LogP contribution in [0.4, 0.5) is 0 Å². The lowest BCUT2D eigenvalue weighted by Gasteiger charge is -2.11. The fourth-order valence-electron chi connectivity index (χ4n) is 2.48. The van der Waals surface area contributed by atoms with Gasteiger partial charge in [0.05, 0.1) is 17.8 Å². The molecule has 3 N–H and O–H groups in total. The standard InChI is InChI=1S/C13H16O4/c14-11-6-8(7-12(11)15)5-9-3-1-2-4-10(9)13(16)17/h1-4,8,11-12,14-15H,5-7H2,(H,16,17)/t8-,11-,12+. The lowest BCUT2D eigenvalue weighted by atomic mass is 9.94. The van der Waals surface area contributed by atoms with E-state index >= 15 is 0 Å². The number of aliphatic hydroxyl groups excluding tert-OH is 2. The van der Waals surface area contributed by atoms with Crippen LogP contribution >= 0.6 is 0 Å². The normalized spacial score (nSPS) is 28.2. The van der Waals surface area contributed by atoms with Crippen LogP contribution in [0.2, 0.25) is 0 Å². The molecule has 17 heavy (non-hydrogen) atoms. The van der Waals surface area contributed by atoms with Crippen molar-refractivity contribution in [1.29, 1.82) is 0 Å². The number of benzene rings is 1. The molecule has 4 heteroatoms. The second-order valence-corrected chi connectivity index (χ2v) is 4.64. The van der Waals surface area contributed by atoms with Crippen LogP contribution in [0.5, 0.6) is 0 Å². The van der Waals surface area contributed by atoms with Gasteiger partial charge < -0.3 is 15.3 Å². The molecule has 92 valence electrons. The Kier molecular flexibility index (Phi) is 3.45. The van der Waals surface area contributed by atoms with E-state index in [1.54, 1.807) is 18.2 Å². The zero-order chi connectivity index (χ0) is 12.4. The highest BCUT2D eigenvalue weighted by Gasteiger charge is 2.31. The van der Waals surface area contributed by atoms with E-state index in [2.05, 4.69) is 0 Å². The number of hydrogen-bond donors (Lipinski definition) is 3. The minimum absolute atomic E-state index is 0.153. The predicted octanol–water partition coefficient (Wildman–Crippen LogP) is 1.06. The Morgan fingerprint density at radius 1 is 1.18 bits per heavy atom. The molecule has 2 rings (SSSR count). The van der Waals surface area contributed by atoms with Crippen molar-refractivity contribution < 1.29 is 20.1 Å². The van der Waals surface area contributed by atoms with E-state index in [0.717, 1.165) is 5.56 Å². The van der Waals surface area contributed by atoms with Crippen LogP contribution in [0.3, 0.4) is 0 Å². The molecule has 0 heterocycles. The van der Waals surface area contributed by atoms with Crippen LogP contribution in [0.1, 0.15) is 28.8 Å². The number of aliphatic hydroxyl groups is 2. The molecule has 1 aliphatic carbocycles. The zero-order valence-electron chi connectivity index (χ0n) is 9.41. The number of aromatic carboxylic acids is 1. The molecule has 0 bridgehead atoms. The Morgan fingerprint density at radius 2 is 1.76 bits per heavy atom. The lowest BCUT2D eigenvalue weighted by molar-refractivity contribution is 0.0438. The maximum absolute atomic E-state index is 11.0. The predicted molar refractivity (Wildman–Crippen MR) is 61.8 cm³/mol. The highest BCUT2D eigenvalue weighted by atomic mass is 16.4. The smallest absolute Gasteiger partial charge is 0.335 e. The Labute approximate surface area is 99.5 Å². The minimum Gasteiger partial charge on any atom is -0.478 e. The van der Waals surface area contributed by atoms with Gasteiger partial charge in [0, 0.05) is 0 Å². The Bertz CT molecular complexity index is 406. The number of carboxylic acids is 1. The molecule has 0 spiro atoms. The molecule has 3 atom stereocenters. The number of carbonyl (C=O) groups is 1. The maximum atomic E-state index is 11.0. The van der Waals surface area contributed by atoms with E-state index in [4.69, 9.17) is 5.11 Å². The van der Waals surface area contributed by atoms with Gasteiger partial charge in [0.2, 0.25) is 0 Å². The van der Waals surface area contributed by atoms with Gasteiger partial charge in [-0.15, -0.1) is 0 Å². The second-order valence-electron chi connectivity index (χ2n) is 4.64. The van der Waals surface area contributed by atoms with E-state index in [9.17, 15) is 15.0 Å². The summed E-state index contributed by atoms with van der Waals surface area (Å²) in [4.78, 5) is 11.0. The first-order valence-corrected chi connectivity index (χ1v) is 5.75.